The number of carbonyl (C=O) groups is 1. The summed E-state index contributed by atoms with van der Waals surface area (Å²) in [6, 6.07) is 4.69. The second-order valence-corrected chi connectivity index (χ2v) is 3.17. The number of urea groups is 1. The van der Waals surface area contributed by atoms with Crippen LogP contribution in [0, 0.1) is 6.92 Å². The Hall–Kier alpha value is -1.55. The van der Waals surface area contributed by atoms with E-state index in [1.807, 2.05) is 19.1 Å². The van der Waals surface area contributed by atoms with Gasteiger partial charge in [-0.3, -0.25) is 0 Å². The van der Waals surface area contributed by atoms with Crippen molar-refractivity contribution in [1.82, 2.24) is 5.43 Å². The van der Waals surface area contributed by atoms with Gasteiger partial charge in [0, 0.05) is 5.02 Å². The molecule has 0 aliphatic rings. The van der Waals surface area contributed by atoms with Crippen LogP contribution >= 0.6 is 11.6 Å². The lowest BCUT2D eigenvalue weighted by Gasteiger charge is -1.99. The number of nitrogens with two attached hydrogens (primary N) is 1. The molecule has 0 heterocycles. The van der Waals surface area contributed by atoms with Crippen molar-refractivity contribution in [1.29, 1.82) is 0 Å². The Bertz CT molecular complexity index is 376. The Kier molecular flexibility index (Phi) is 3.48. The fourth-order valence-corrected chi connectivity index (χ4v) is 1.18. The highest BCUT2D eigenvalue weighted by molar-refractivity contribution is 6.30. The van der Waals surface area contributed by atoms with E-state index < -0.39 is 6.03 Å². The Labute approximate surface area is 86.7 Å². The molecule has 0 saturated heterocycles. The highest BCUT2D eigenvalue weighted by Gasteiger charge is 1.95. The highest BCUT2D eigenvalue weighted by atomic mass is 35.5. The summed E-state index contributed by atoms with van der Waals surface area (Å²) in [5.74, 6) is 0. The first-order chi connectivity index (χ1) is 6.59. The first kappa shape index (κ1) is 10.5. The third kappa shape index (κ3) is 3.06. The maximum absolute atomic E-state index is 10.3. The third-order valence-corrected chi connectivity index (χ3v) is 1.85. The summed E-state index contributed by atoms with van der Waals surface area (Å²) in [4.78, 5) is 10.3. The van der Waals surface area contributed by atoms with E-state index in [2.05, 4.69) is 10.5 Å². The van der Waals surface area contributed by atoms with Crippen molar-refractivity contribution in [3.63, 3.8) is 0 Å². The van der Waals surface area contributed by atoms with Gasteiger partial charge in [-0.2, -0.15) is 5.10 Å². The second kappa shape index (κ2) is 4.62. The van der Waals surface area contributed by atoms with Gasteiger partial charge in [0.2, 0.25) is 0 Å². The molecule has 0 fully saturated rings. The van der Waals surface area contributed by atoms with Crippen molar-refractivity contribution in [2.24, 2.45) is 10.8 Å². The van der Waals surface area contributed by atoms with Gasteiger partial charge in [0.15, 0.2) is 0 Å². The quantitative estimate of drug-likeness (QED) is 0.567. The molecule has 0 saturated carbocycles. The zero-order valence-corrected chi connectivity index (χ0v) is 8.38. The van der Waals surface area contributed by atoms with Crippen LogP contribution in [0.25, 0.3) is 0 Å². The smallest absolute Gasteiger partial charge is 0.332 e. The molecule has 5 heteroatoms. The van der Waals surface area contributed by atoms with Crippen molar-refractivity contribution >= 4 is 23.8 Å². The maximum Gasteiger partial charge on any atom is 0.332 e. The third-order valence-electron chi connectivity index (χ3n) is 1.61. The lowest BCUT2D eigenvalue weighted by molar-refractivity contribution is 0.249. The van der Waals surface area contributed by atoms with Crippen LogP contribution in [0.15, 0.2) is 23.3 Å². The zero-order valence-electron chi connectivity index (χ0n) is 7.62. The normalized spacial score (nSPS) is 10.4. The largest absolute Gasteiger partial charge is 0.350 e. The molecule has 0 aliphatic carbocycles. The lowest BCUT2D eigenvalue weighted by atomic mass is 10.1. The molecule has 1 aromatic carbocycles. The van der Waals surface area contributed by atoms with Gasteiger partial charge in [-0.25, -0.2) is 10.2 Å². The maximum atomic E-state index is 10.3. The molecular formula is C9H10ClN3O. The topological polar surface area (TPSA) is 67.5 Å². The minimum Gasteiger partial charge on any atom is -0.350 e. The first-order valence-electron chi connectivity index (χ1n) is 3.94. The summed E-state index contributed by atoms with van der Waals surface area (Å²) in [5, 5.41) is 4.31. The van der Waals surface area contributed by atoms with Gasteiger partial charge in [0.05, 0.1) is 6.21 Å². The summed E-state index contributed by atoms with van der Waals surface area (Å²) in [6.45, 7) is 1.90. The average Bonchev–Trinajstić information content (AvgIpc) is 2.08. The SMILES string of the molecule is Cc1cc(Cl)ccc1C=NNC(N)=O. The minimum atomic E-state index is -0.687. The first-order valence-corrected chi connectivity index (χ1v) is 4.32. The number of benzene rings is 1. The molecule has 0 aliphatic heterocycles. The fourth-order valence-electron chi connectivity index (χ4n) is 0.949. The summed E-state index contributed by atoms with van der Waals surface area (Å²) in [6.07, 6.45) is 1.51. The Morgan fingerprint density at radius 1 is 1.64 bits per heavy atom. The number of carbonyl (C=O) groups excluding carboxylic acids is 1. The van der Waals surface area contributed by atoms with Crippen LogP contribution in [0.5, 0.6) is 0 Å². The van der Waals surface area contributed by atoms with E-state index in [9.17, 15) is 4.79 Å². The van der Waals surface area contributed by atoms with Crippen LogP contribution in [-0.4, -0.2) is 12.2 Å². The molecule has 0 spiro atoms. The standard InChI is InChI=1S/C9H10ClN3O/c1-6-4-8(10)3-2-7(6)5-12-13-9(11)14/h2-5H,1H3,(H3,11,13,14). The summed E-state index contributed by atoms with van der Waals surface area (Å²) in [7, 11) is 0. The van der Waals surface area contributed by atoms with E-state index in [-0.39, 0.29) is 0 Å². The molecule has 1 rings (SSSR count). The fraction of sp³-hybridized carbons (Fsp3) is 0.111. The monoisotopic (exact) mass is 211 g/mol. The predicted molar refractivity (Wildman–Crippen MR) is 56.5 cm³/mol. The molecule has 0 radical (unpaired) electrons. The van der Waals surface area contributed by atoms with Crippen molar-refractivity contribution < 1.29 is 4.79 Å². The number of nitrogens with one attached hydrogen (secondary N) is 1. The molecule has 14 heavy (non-hydrogen) atoms. The Balaban J connectivity index is 2.76. The van der Waals surface area contributed by atoms with Crippen molar-refractivity contribution in [2.45, 2.75) is 6.92 Å². The van der Waals surface area contributed by atoms with Crippen molar-refractivity contribution in [3.8, 4) is 0 Å². The van der Waals surface area contributed by atoms with Crippen LogP contribution in [0.4, 0.5) is 4.79 Å². The number of rotatable bonds is 2. The van der Waals surface area contributed by atoms with Gasteiger partial charge in [-0.1, -0.05) is 17.7 Å². The molecule has 0 aromatic heterocycles. The summed E-state index contributed by atoms with van der Waals surface area (Å²) >= 11 is 5.77. The molecule has 0 bridgehead atoms. The predicted octanol–water partition coefficient (Wildman–Crippen LogP) is 1.65. The molecule has 0 unspecified atom stereocenters. The van der Waals surface area contributed by atoms with Crippen LogP contribution in [0.2, 0.25) is 5.02 Å². The number of hydrogen-bond acceptors (Lipinski definition) is 2. The number of primary amides is 1. The van der Waals surface area contributed by atoms with Gasteiger partial charge in [0.25, 0.3) is 0 Å². The van der Waals surface area contributed by atoms with Gasteiger partial charge in [-0.15, -0.1) is 0 Å². The average molecular weight is 212 g/mol. The van der Waals surface area contributed by atoms with Gasteiger partial charge in [0.1, 0.15) is 0 Å². The van der Waals surface area contributed by atoms with Crippen molar-refractivity contribution in [2.75, 3.05) is 0 Å². The van der Waals surface area contributed by atoms with E-state index in [4.69, 9.17) is 17.3 Å². The number of nitrogens with zero attached hydrogens (tertiary/aromatic N) is 1. The molecule has 4 nitrogen and oxygen atoms in total. The molecule has 3 N–H and O–H groups in total. The second-order valence-electron chi connectivity index (χ2n) is 2.74. The van der Waals surface area contributed by atoms with Gasteiger partial charge in [-0.05, 0) is 30.2 Å². The number of hydrogen-bond donors (Lipinski definition) is 2. The minimum absolute atomic E-state index is 0.669. The summed E-state index contributed by atoms with van der Waals surface area (Å²) < 4.78 is 0. The number of amides is 2. The van der Waals surface area contributed by atoms with E-state index in [0.29, 0.717) is 5.02 Å². The van der Waals surface area contributed by atoms with Crippen LogP contribution in [-0.2, 0) is 0 Å². The van der Waals surface area contributed by atoms with E-state index in [1.165, 1.54) is 6.21 Å². The Morgan fingerprint density at radius 3 is 2.93 bits per heavy atom. The number of hydrazone groups is 1. The van der Waals surface area contributed by atoms with Crippen molar-refractivity contribution in [3.05, 3.63) is 34.3 Å². The highest BCUT2D eigenvalue weighted by Crippen LogP contribution is 2.13. The van der Waals surface area contributed by atoms with Gasteiger partial charge < -0.3 is 5.73 Å². The van der Waals surface area contributed by atoms with Crippen LogP contribution < -0.4 is 11.2 Å². The molecule has 74 valence electrons. The Morgan fingerprint density at radius 2 is 2.36 bits per heavy atom. The molecule has 1 aromatic rings. The number of halogens is 1. The van der Waals surface area contributed by atoms with Crippen LogP contribution in [0.3, 0.4) is 0 Å². The molecule has 2 amide bonds. The molecule has 0 atom stereocenters. The van der Waals surface area contributed by atoms with E-state index >= 15 is 0 Å². The zero-order chi connectivity index (χ0) is 10.6. The lowest BCUT2D eigenvalue weighted by Crippen LogP contribution is -2.24. The van der Waals surface area contributed by atoms with Gasteiger partial charge >= 0.3 is 6.03 Å². The van der Waals surface area contributed by atoms with E-state index in [1.54, 1.807) is 6.07 Å². The van der Waals surface area contributed by atoms with Crippen LogP contribution in [0.1, 0.15) is 11.1 Å². The molecular weight excluding hydrogens is 202 g/mol. The number of aryl methyl sites for hydroxylation is 1. The summed E-state index contributed by atoms with van der Waals surface area (Å²) in [5.41, 5.74) is 8.80. The van der Waals surface area contributed by atoms with E-state index in [0.717, 1.165) is 11.1 Å².